The molecule has 0 aliphatic heterocycles. The molecule has 0 aliphatic carbocycles. The van der Waals surface area contributed by atoms with Gasteiger partial charge in [-0.15, -0.1) is 0 Å². The lowest BCUT2D eigenvalue weighted by molar-refractivity contribution is 0.863. The number of aryl methyl sites for hydroxylation is 1. The predicted octanol–water partition coefficient (Wildman–Crippen LogP) is 3.61. The average Bonchev–Trinajstić information content (AvgIpc) is 2.92. The third-order valence-corrected chi connectivity index (χ3v) is 3.25. The molecule has 0 unspecified atom stereocenters. The van der Waals surface area contributed by atoms with Crippen LogP contribution in [0.25, 0.3) is 10.9 Å². The largest absolute Gasteiger partial charge is 0.385 e. The Morgan fingerprint density at radius 1 is 1.05 bits per heavy atom. The van der Waals surface area contributed by atoms with Crippen LogP contribution in [0.2, 0.25) is 0 Å². The summed E-state index contributed by atoms with van der Waals surface area (Å²) >= 11 is 0. The number of nitrogens with one attached hydrogen (secondary N) is 2. The Morgan fingerprint density at radius 3 is 2.84 bits per heavy atom. The third kappa shape index (κ3) is 2.94. The first kappa shape index (κ1) is 11.8. The van der Waals surface area contributed by atoms with Crippen LogP contribution in [-0.4, -0.2) is 16.7 Å². The molecule has 3 heteroatoms. The number of H-pyrrole nitrogens is 1. The second-order valence-electron chi connectivity index (χ2n) is 4.69. The van der Waals surface area contributed by atoms with E-state index in [0.717, 1.165) is 36.0 Å². The van der Waals surface area contributed by atoms with Gasteiger partial charge < -0.3 is 5.32 Å². The van der Waals surface area contributed by atoms with Crippen molar-refractivity contribution in [2.75, 3.05) is 11.9 Å². The van der Waals surface area contributed by atoms with Crippen molar-refractivity contribution >= 4 is 16.6 Å². The van der Waals surface area contributed by atoms with Crippen molar-refractivity contribution in [2.24, 2.45) is 0 Å². The molecule has 19 heavy (non-hydrogen) atoms. The summed E-state index contributed by atoms with van der Waals surface area (Å²) < 4.78 is 0. The summed E-state index contributed by atoms with van der Waals surface area (Å²) in [5.74, 6) is 0. The Morgan fingerprint density at radius 2 is 1.95 bits per heavy atom. The molecule has 3 aromatic rings. The van der Waals surface area contributed by atoms with Crippen molar-refractivity contribution in [3.63, 3.8) is 0 Å². The second-order valence-corrected chi connectivity index (χ2v) is 4.69. The summed E-state index contributed by atoms with van der Waals surface area (Å²) in [5.41, 5.74) is 3.63. The Bertz CT molecular complexity index is 643. The van der Waals surface area contributed by atoms with Crippen LogP contribution in [0, 0.1) is 0 Å². The van der Waals surface area contributed by atoms with Gasteiger partial charge in [-0.1, -0.05) is 30.3 Å². The monoisotopic (exact) mass is 251 g/mol. The molecule has 0 saturated heterocycles. The lowest BCUT2D eigenvalue weighted by atomic mass is 10.1. The van der Waals surface area contributed by atoms with E-state index in [1.54, 1.807) is 0 Å². The lowest BCUT2D eigenvalue weighted by Crippen LogP contribution is -2.02. The summed E-state index contributed by atoms with van der Waals surface area (Å²) in [6.45, 7) is 0.984. The van der Waals surface area contributed by atoms with Crippen LogP contribution in [0.5, 0.6) is 0 Å². The van der Waals surface area contributed by atoms with Gasteiger partial charge in [-0.3, -0.25) is 5.10 Å². The molecule has 3 rings (SSSR count). The molecule has 0 atom stereocenters. The second kappa shape index (κ2) is 5.57. The minimum atomic E-state index is 0.984. The van der Waals surface area contributed by atoms with E-state index in [1.807, 2.05) is 6.20 Å². The maximum atomic E-state index is 4.03. The topological polar surface area (TPSA) is 40.7 Å². The van der Waals surface area contributed by atoms with Crippen molar-refractivity contribution in [1.82, 2.24) is 10.2 Å². The van der Waals surface area contributed by atoms with E-state index in [0.29, 0.717) is 0 Å². The highest BCUT2D eigenvalue weighted by molar-refractivity contribution is 5.81. The highest BCUT2D eigenvalue weighted by Crippen LogP contribution is 2.16. The normalized spacial score (nSPS) is 10.7. The summed E-state index contributed by atoms with van der Waals surface area (Å²) in [4.78, 5) is 0. The molecule has 0 amide bonds. The standard InChI is InChI=1S/C16H17N3/c1-2-5-13(6-3-1)7-4-10-17-15-8-9-16-14(11-15)12-18-19-16/h1-3,5-6,8-9,11-12,17H,4,7,10H2,(H,18,19). The van der Waals surface area contributed by atoms with Crippen LogP contribution in [0.4, 0.5) is 5.69 Å². The SMILES string of the molecule is c1ccc(CCCNc2ccc3[nH]ncc3c2)cc1. The summed E-state index contributed by atoms with van der Waals surface area (Å²) in [6.07, 6.45) is 4.10. The maximum absolute atomic E-state index is 4.03. The minimum absolute atomic E-state index is 0.984. The van der Waals surface area contributed by atoms with E-state index in [4.69, 9.17) is 0 Å². The Balaban J connectivity index is 1.52. The van der Waals surface area contributed by atoms with Gasteiger partial charge in [-0.25, -0.2) is 0 Å². The van der Waals surface area contributed by atoms with E-state index in [2.05, 4.69) is 64.0 Å². The van der Waals surface area contributed by atoms with Crippen LogP contribution in [-0.2, 0) is 6.42 Å². The number of hydrogen-bond acceptors (Lipinski definition) is 2. The van der Waals surface area contributed by atoms with Crippen molar-refractivity contribution in [3.05, 3.63) is 60.3 Å². The van der Waals surface area contributed by atoms with Crippen molar-refractivity contribution < 1.29 is 0 Å². The van der Waals surface area contributed by atoms with Gasteiger partial charge in [0.2, 0.25) is 0 Å². The van der Waals surface area contributed by atoms with Crippen LogP contribution in [0.15, 0.2) is 54.7 Å². The van der Waals surface area contributed by atoms with Gasteiger partial charge in [0.25, 0.3) is 0 Å². The number of aromatic amines is 1. The first-order valence-corrected chi connectivity index (χ1v) is 6.63. The fourth-order valence-electron chi connectivity index (χ4n) is 2.22. The summed E-state index contributed by atoms with van der Waals surface area (Å²) in [7, 11) is 0. The number of aromatic nitrogens is 2. The van der Waals surface area contributed by atoms with E-state index in [9.17, 15) is 0 Å². The molecular weight excluding hydrogens is 234 g/mol. The third-order valence-electron chi connectivity index (χ3n) is 3.25. The molecule has 2 N–H and O–H groups in total. The Labute approximate surface area is 112 Å². The molecule has 1 aromatic heterocycles. The van der Waals surface area contributed by atoms with Gasteiger partial charge in [0.05, 0.1) is 11.7 Å². The Hall–Kier alpha value is -2.29. The van der Waals surface area contributed by atoms with Crippen LogP contribution >= 0.6 is 0 Å². The fraction of sp³-hybridized carbons (Fsp3) is 0.188. The smallest absolute Gasteiger partial charge is 0.0651 e. The quantitative estimate of drug-likeness (QED) is 0.680. The highest BCUT2D eigenvalue weighted by Gasteiger charge is 1.97. The number of hydrogen-bond donors (Lipinski definition) is 2. The molecule has 0 spiro atoms. The minimum Gasteiger partial charge on any atom is -0.385 e. The van der Waals surface area contributed by atoms with Crippen LogP contribution in [0.1, 0.15) is 12.0 Å². The van der Waals surface area contributed by atoms with E-state index < -0.39 is 0 Å². The van der Waals surface area contributed by atoms with Gasteiger partial charge in [-0.05, 0) is 36.6 Å². The molecule has 0 radical (unpaired) electrons. The van der Waals surface area contributed by atoms with E-state index in [-0.39, 0.29) is 0 Å². The number of nitrogens with zero attached hydrogens (tertiary/aromatic N) is 1. The van der Waals surface area contributed by atoms with Gasteiger partial charge in [0.15, 0.2) is 0 Å². The van der Waals surface area contributed by atoms with Crippen LogP contribution < -0.4 is 5.32 Å². The molecule has 0 bridgehead atoms. The van der Waals surface area contributed by atoms with Gasteiger partial charge in [0, 0.05) is 17.6 Å². The first-order valence-electron chi connectivity index (χ1n) is 6.63. The zero-order valence-corrected chi connectivity index (χ0v) is 10.8. The predicted molar refractivity (Wildman–Crippen MR) is 79.3 cm³/mol. The molecule has 0 saturated carbocycles. The number of fused-ring (bicyclic) bond motifs is 1. The van der Waals surface area contributed by atoms with E-state index >= 15 is 0 Å². The molecule has 2 aromatic carbocycles. The highest BCUT2D eigenvalue weighted by atomic mass is 15.1. The van der Waals surface area contributed by atoms with Crippen molar-refractivity contribution in [1.29, 1.82) is 0 Å². The van der Waals surface area contributed by atoms with Gasteiger partial charge in [-0.2, -0.15) is 5.10 Å². The molecule has 0 fully saturated rings. The molecule has 0 aliphatic rings. The van der Waals surface area contributed by atoms with Crippen molar-refractivity contribution in [3.8, 4) is 0 Å². The van der Waals surface area contributed by atoms with Gasteiger partial charge >= 0.3 is 0 Å². The van der Waals surface area contributed by atoms with Crippen LogP contribution in [0.3, 0.4) is 0 Å². The summed E-state index contributed by atoms with van der Waals surface area (Å²) in [5, 5.41) is 11.6. The molecule has 1 heterocycles. The van der Waals surface area contributed by atoms with Crippen molar-refractivity contribution in [2.45, 2.75) is 12.8 Å². The first-order chi connectivity index (χ1) is 9.42. The molecular formula is C16H17N3. The Kier molecular flexibility index (Phi) is 3.45. The van der Waals surface area contributed by atoms with E-state index in [1.165, 1.54) is 5.56 Å². The average molecular weight is 251 g/mol. The number of rotatable bonds is 5. The fourth-order valence-corrected chi connectivity index (χ4v) is 2.22. The van der Waals surface area contributed by atoms with Gasteiger partial charge in [0.1, 0.15) is 0 Å². The summed E-state index contributed by atoms with van der Waals surface area (Å²) in [6, 6.07) is 16.9. The lowest BCUT2D eigenvalue weighted by Gasteiger charge is -2.06. The zero-order valence-electron chi connectivity index (χ0n) is 10.8. The zero-order chi connectivity index (χ0) is 12.9. The molecule has 3 nitrogen and oxygen atoms in total. The maximum Gasteiger partial charge on any atom is 0.0651 e. The number of anilines is 1. The molecule has 96 valence electrons. The number of benzene rings is 2.